The van der Waals surface area contributed by atoms with E-state index in [1.165, 1.54) is 6.07 Å². The van der Waals surface area contributed by atoms with E-state index in [1.54, 1.807) is 0 Å². The summed E-state index contributed by atoms with van der Waals surface area (Å²) >= 11 is 0. The number of alkyl halides is 3. The molecule has 1 aromatic carbocycles. The van der Waals surface area contributed by atoms with Crippen LogP contribution in [0, 0.1) is 11.3 Å². The molecule has 0 saturated heterocycles. The van der Waals surface area contributed by atoms with E-state index in [0.29, 0.717) is 11.2 Å². The third-order valence-corrected chi connectivity index (χ3v) is 4.23. The largest absolute Gasteiger partial charge is 0.416 e. The number of aromatic amines is 1. The summed E-state index contributed by atoms with van der Waals surface area (Å²) in [5, 5.41) is 9.17. The quantitative estimate of drug-likeness (QED) is 0.863. The molecular weight excluding hydrogens is 293 g/mol. The minimum Gasteiger partial charge on any atom is -0.357 e. The zero-order valence-electron chi connectivity index (χ0n) is 11.6. The third kappa shape index (κ3) is 2.37. The van der Waals surface area contributed by atoms with E-state index in [9.17, 15) is 23.2 Å². The van der Waals surface area contributed by atoms with E-state index in [4.69, 9.17) is 0 Å². The Kier molecular flexibility index (Phi) is 3.44. The molecule has 0 spiro atoms. The van der Waals surface area contributed by atoms with Crippen LogP contribution in [0.25, 0.3) is 10.9 Å². The Morgan fingerprint density at radius 1 is 1.23 bits per heavy atom. The van der Waals surface area contributed by atoms with Gasteiger partial charge in [0.2, 0.25) is 5.43 Å². The highest BCUT2D eigenvalue weighted by Crippen LogP contribution is 2.35. The SMILES string of the molecule is N#Cc1c(C2CCCC2)[nH]c2ccc(C(F)(F)F)cc2c1=O. The molecule has 0 bridgehead atoms. The van der Waals surface area contributed by atoms with Crippen LogP contribution in [0.15, 0.2) is 23.0 Å². The molecule has 3 rings (SSSR count). The molecule has 0 unspecified atom stereocenters. The van der Waals surface area contributed by atoms with E-state index in [1.807, 2.05) is 6.07 Å². The topological polar surface area (TPSA) is 56.6 Å². The van der Waals surface area contributed by atoms with Gasteiger partial charge in [0.1, 0.15) is 11.6 Å². The lowest BCUT2D eigenvalue weighted by atomic mass is 9.96. The minimum absolute atomic E-state index is 0.0567. The Morgan fingerprint density at radius 3 is 2.50 bits per heavy atom. The molecule has 0 aliphatic heterocycles. The molecule has 1 saturated carbocycles. The molecule has 114 valence electrons. The maximum atomic E-state index is 12.8. The smallest absolute Gasteiger partial charge is 0.357 e. The van der Waals surface area contributed by atoms with Crippen LogP contribution in [0.4, 0.5) is 13.2 Å². The van der Waals surface area contributed by atoms with Gasteiger partial charge in [0.25, 0.3) is 0 Å². The number of nitrogens with one attached hydrogen (secondary N) is 1. The van der Waals surface area contributed by atoms with Crippen molar-refractivity contribution in [2.45, 2.75) is 37.8 Å². The predicted molar refractivity (Wildman–Crippen MR) is 75.5 cm³/mol. The van der Waals surface area contributed by atoms with Gasteiger partial charge in [-0.15, -0.1) is 0 Å². The first-order valence-corrected chi connectivity index (χ1v) is 7.09. The number of nitrogens with zero attached hydrogens (tertiary/aromatic N) is 1. The molecule has 3 nitrogen and oxygen atoms in total. The number of halogens is 3. The molecular formula is C16H13F3N2O. The molecule has 1 heterocycles. The second-order valence-electron chi connectivity index (χ2n) is 5.59. The summed E-state index contributed by atoms with van der Waals surface area (Å²) in [5.74, 6) is 0.106. The highest BCUT2D eigenvalue weighted by Gasteiger charge is 2.31. The Bertz CT molecular complexity index is 824. The van der Waals surface area contributed by atoms with Gasteiger partial charge in [-0.3, -0.25) is 4.79 Å². The summed E-state index contributed by atoms with van der Waals surface area (Å²) < 4.78 is 38.3. The van der Waals surface area contributed by atoms with Crippen molar-refractivity contribution in [1.82, 2.24) is 4.98 Å². The highest BCUT2D eigenvalue weighted by molar-refractivity contribution is 5.81. The van der Waals surface area contributed by atoms with Gasteiger partial charge >= 0.3 is 6.18 Å². The van der Waals surface area contributed by atoms with Crippen LogP contribution in [-0.4, -0.2) is 4.98 Å². The number of fused-ring (bicyclic) bond motifs is 1. The van der Waals surface area contributed by atoms with E-state index in [0.717, 1.165) is 37.8 Å². The number of H-pyrrole nitrogens is 1. The molecule has 1 N–H and O–H groups in total. The normalized spacial score (nSPS) is 16.1. The average molecular weight is 306 g/mol. The standard InChI is InChI=1S/C16H13F3N2O/c17-16(18,19)10-5-6-13-11(7-10)15(22)12(8-20)14(21-13)9-3-1-2-4-9/h5-7,9H,1-4H2,(H,21,22). The van der Waals surface area contributed by atoms with Crippen molar-refractivity contribution in [3.05, 3.63) is 45.2 Å². The molecule has 1 fully saturated rings. The zero-order chi connectivity index (χ0) is 15.9. The van der Waals surface area contributed by atoms with E-state index < -0.39 is 17.2 Å². The van der Waals surface area contributed by atoms with Crippen molar-refractivity contribution < 1.29 is 13.2 Å². The van der Waals surface area contributed by atoms with Crippen LogP contribution in [0.3, 0.4) is 0 Å². The molecule has 0 atom stereocenters. The van der Waals surface area contributed by atoms with Crippen LogP contribution in [-0.2, 0) is 6.18 Å². The van der Waals surface area contributed by atoms with Crippen molar-refractivity contribution in [2.24, 2.45) is 0 Å². The average Bonchev–Trinajstić information content (AvgIpc) is 2.99. The fraction of sp³-hybridized carbons (Fsp3) is 0.375. The molecule has 0 amide bonds. The summed E-state index contributed by atoms with van der Waals surface area (Å²) in [7, 11) is 0. The Labute approximate surface area is 124 Å². The Hall–Kier alpha value is -2.29. The number of pyridine rings is 1. The van der Waals surface area contributed by atoms with Gasteiger partial charge in [-0.2, -0.15) is 18.4 Å². The first-order valence-electron chi connectivity index (χ1n) is 7.09. The molecule has 0 radical (unpaired) electrons. The van der Waals surface area contributed by atoms with Crippen LogP contribution in [0.5, 0.6) is 0 Å². The molecule has 1 aliphatic rings. The second-order valence-corrected chi connectivity index (χ2v) is 5.59. The van der Waals surface area contributed by atoms with Gasteiger partial charge in [0.15, 0.2) is 0 Å². The Balaban J connectivity index is 2.26. The minimum atomic E-state index is -4.52. The number of benzene rings is 1. The van der Waals surface area contributed by atoms with Gasteiger partial charge in [0, 0.05) is 22.5 Å². The monoisotopic (exact) mass is 306 g/mol. The van der Waals surface area contributed by atoms with E-state index >= 15 is 0 Å². The summed E-state index contributed by atoms with van der Waals surface area (Å²) in [6, 6.07) is 4.89. The number of nitriles is 1. The van der Waals surface area contributed by atoms with Gasteiger partial charge < -0.3 is 4.98 Å². The van der Waals surface area contributed by atoms with Crippen molar-refractivity contribution in [3.63, 3.8) is 0 Å². The van der Waals surface area contributed by atoms with Crippen LogP contribution >= 0.6 is 0 Å². The number of aromatic nitrogens is 1. The summed E-state index contributed by atoms with van der Waals surface area (Å²) in [6.45, 7) is 0. The zero-order valence-corrected chi connectivity index (χ0v) is 11.6. The van der Waals surface area contributed by atoms with Crippen molar-refractivity contribution >= 4 is 10.9 Å². The van der Waals surface area contributed by atoms with Crippen molar-refractivity contribution in [2.75, 3.05) is 0 Å². The first kappa shape index (κ1) is 14.6. The maximum absolute atomic E-state index is 12.8. The van der Waals surface area contributed by atoms with Crippen molar-refractivity contribution in [3.8, 4) is 6.07 Å². The lowest BCUT2D eigenvalue weighted by Crippen LogP contribution is -2.15. The summed E-state index contributed by atoms with van der Waals surface area (Å²) in [6.07, 6.45) is -0.684. The number of hydrogen-bond acceptors (Lipinski definition) is 2. The molecule has 1 aromatic heterocycles. The van der Waals surface area contributed by atoms with Gasteiger partial charge in [-0.05, 0) is 31.0 Å². The van der Waals surface area contributed by atoms with Gasteiger partial charge in [-0.1, -0.05) is 12.8 Å². The second kappa shape index (κ2) is 5.16. The molecule has 22 heavy (non-hydrogen) atoms. The third-order valence-electron chi connectivity index (χ3n) is 4.23. The fourth-order valence-electron chi connectivity index (χ4n) is 3.11. The summed E-state index contributed by atoms with van der Waals surface area (Å²) in [4.78, 5) is 15.4. The van der Waals surface area contributed by atoms with Crippen molar-refractivity contribution in [1.29, 1.82) is 5.26 Å². The fourth-order valence-corrected chi connectivity index (χ4v) is 3.11. The Morgan fingerprint density at radius 2 is 1.91 bits per heavy atom. The highest BCUT2D eigenvalue weighted by atomic mass is 19.4. The van der Waals surface area contributed by atoms with Crippen LogP contribution < -0.4 is 5.43 Å². The molecule has 6 heteroatoms. The van der Waals surface area contributed by atoms with E-state index in [2.05, 4.69) is 4.98 Å². The first-order chi connectivity index (χ1) is 10.4. The number of hydrogen-bond donors (Lipinski definition) is 1. The maximum Gasteiger partial charge on any atom is 0.416 e. The molecule has 1 aliphatic carbocycles. The summed E-state index contributed by atoms with van der Waals surface area (Å²) in [5.41, 5.74) is -0.651. The molecule has 2 aromatic rings. The van der Waals surface area contributed by atoms with E-state index in [-0.39, 0.29) is 16.9 Å². The van der Waals surface area contributed by atoms with Crippen LogP contribution in [0.1, 0.15) is 48.4 Å². The van der Waals surface area contributed by atoms with Gasteiger partial charge in [-0.25, -0.2) is 0 Å². The lowest BCUT2D eigenvalue weighted by molar-refractivity contribution is -0.137. The lowest BCUT2D eigenvalue weighted by Gasteiger charge is -2.14. The number of rotatable bonds is 1. The van der Waals surface area contributed by atoms with Gasteiger partial charge in [0.05, 0.1) is 5.56 Å². The van der Waals surface area contributed by atoms with Crippen LogP contribution in [0.2, 0.25) is 0 Å². The predicted octanol–water partition coefficient (Wildman–Crippen LogP) is 4.08.